The Balaban J connectivity index is 0.947. The van der Waals surface area contributed by atoms with Crippen molar-refractivity contribution in [2.24, 2.45) is 0 Å². The van der Waals surface area contributed by atoms with E-state index in [4.69, 9.17) is 19.3 Å². The van der Waals surface area contributed by atoms with E-state index in [9.17, 15) is 47.8 Å². The molecule has 0 aliphatic carbocycles. The Morgan fingerprint density at radius 3 is 2.34 bits per heavy atom. The maximum atomic E-state index is 14.7. The summed E-state index contributed by atoms with van der Waals surface area (Å²) in [4.78, 5) is 96.1. The van der Waals surface area contributed by atoms with Gasteiger partial charge in [-0.1, -0.05) is 44.2 Å². The number of carbonyl (C=O) groups is 2. The van der Waals surface area contributed by atoms with Crippen LogP contribution in [0.1, 0.15) is 144 Å². The predicted octanol–water partition coefficient (Wildman–Crippen LogP) is 5.47. The SMILES string of the molecule is CCN1c2cc3c(cc2C(C)CC1(C)C)C(c1ccccc1C(=O)N(C)CCCC(=O)NC/C=C/c1cn([C@H]2C[C@H](O)[C@@H](COP(=O)(O)OP(=O)(O)OP(=O)(O)O)O2)c(=O)[nH]c1=O)=c1cc2c(cc1O3)=[N+](CC)C(C)(C)CC2C. The van der Waals surface area contributed by atoms with E-state index in [-0.39, 0.29) is 66.2 Å². The van der Waals surface area contributed by atoms with Gasteiger partial charge < -0.3 is 49.3 Å². The minimum Gasteiger partial charge on any atom is -0.456 e. The minimum absolute atomic E-state index is 0.0153. The number of H-pyrrole nitrogens is 1. The highest BCUT2D eigenvalue weighted by atomic mass is 31.3. The van der Waals surface area contributed by atoms with Crippen LogP contribution in [0.2, 0.25) is 0 Å². The van der Waals surface area contributed by atoms with Gasteiger partial charge in [-0.3, -0.25) is 28.5 Å². The number of hydrogen-bond acceptors (Lipinski definition) is 14. The molecular weight excluding hydrogens is 1090 g/mol. The Morgan fingerprint density at radius 1 is 0.937 bits per heavy atom. The molecule has 3 aromatic carbocycles. The van der Waals surface area contributed by atoms with Gasteiger partial charge in [-0.15, -0.1) is 0 Å². The van der Waals surface area contributed by atoms with Crippen molar-refractivity contribution in [3.63, 3.8) is 0 Å². The number of aliphatic hydroxyl groups excluding tert-OH is 1. The average Bonchev–Trinajstić information content (AvgIpc) is 3.68. The zero-order valence-corrected chi connectivity index (χ0v) is 48.3. The number of nitrogens with one attached hydrogen (secondary N) is 2. The fraction of sp³-hybridized carbons (Fsp3) is 0.491. The number of fused-ring (bicyclic) bond motifs is 4. The Hall–Kier alpha value is -5.38. The predicted molar refractivity (Wildman–Crippen MR) is 293 cm³/mol. The van der Waals surface area contributed by atoms with Crippen LogP contribution >= 0.6 is 23.5 Å². The molecule has 7 N–H and O–H groups in total. The van der Waals surface area contributed by atoms with Gasteiger partial charge >= 0.3 is 29.2 Å². The number of nitrogens with zero attached hydrogens (tertiary/aromatic N) is 4. The van der Waals surface area contributed by atoms with Crippen LogP contribution in [0.25, 0.3) is 11.6 Å². The monoisotopic (exact) mass is 1160 g/mol. The second kappa shape index (κ2) is 22.9. The number of phosphoric ester groups is 1. The molecule has 428 valence electrons. The number of hydrogen-bond donors (Lipinski definition) is 7. The van der Waals surface area contributed by atoms with E-state index < -0.39 is 59.8 Å². The van der Waals surface area contributed by atoms with Gasteiger partial charge in [-0.25, -0.2) is 23.1 Å². The summed E-state index contributed by atoms with van der Waals surface area (Å²) in [6, 6.07) is 16.6. The maximum Gasteiger partial charge on any atom is 0.490 e. The number of aromatic nitrogens is 2. The Kier molecular flexibility index (Phi) is 17.3. The fourth-order valence-corrected chi connectivity index (χ4v) is 14.8. The molecule has 0 radical (unpaired) electrons. The normalized spacial score (nSPS) is 22.7. The average molecular weight is 1160 g/mol. The van der Waals surface area contributed by atoms with Crippen molar-refractivity contribution in [1.29, 1.82) is 0 Å². The van der Waals surface area contributed by atoms with Gasteiger partial charge in [0.05, 0.1) is 24.3 Å². The van der Waals surface area contributed by atoms with Crippen LogP contribution in [0.15, 0.2) is 70.4 Å². The van der Waals surface area contributed by atoms with Crippen LogP contribution in [0, 0.1) is 0 Å². The maximum absolute atomic E-state index is 14.7. The first-order valence-corrected chi connectivity index (χ1v) is 30.7. The zero-order valence-electron chi connectivity index (χ0n) is 45.6. The molecule has 5 heterocycles. The van der Waals surface area contributed by atoms with Gasteiger partial charge in [-0.05, 0) is 95.5 Å². The first-order chi connectivity index (χ1) is 36.9. The molecule has 4 aliphatic rings. The Bertz CT molecular complexity index is 3500. The van der Waals surface area contributed by atoms with E-state index in [0.29, 0.717) is 12.0 Å². The smallest absolute Gasteiger partial charge is 0.456 e. The van der Waals surface area contributed by atoms with Crippen molar-refractivity contribution >= 4 is 52.6 Å². The largest absolute Gasteiger partial charge is 0.490 e. The van der Waals surface area contributed by atoms with Gasteiger partial charge in [0, 0.05) is 96.9 Å². The molecule has 23 nitrogen and oxygen atoms in total. The van der Waals surface area contributed by atoms with E-state index >= 15 is 0 Å². The topological polar surface area (TPSA) is 309 Å². The van der Waals surface area contributed by atoms with Crippen LogP contribution in [0.4, 0.5) is 5.69 Å². The third-order valence-electron chi connectivity index (χ3n) is 15.1. The highest BCUT2D eigenvalue weighted by molar-refractivity contribution is 7.66. The molecule has 0 bridgehead atoms. The molecule has 0 spiro atoms. The number of ether oxygens (including phenoxy) is 2. The number of anilines is 1. The van der Waals surface area contributed by atoms with Gasteiger partial charge in [-0.2, -0.15) is 8.62 Å². The van der Waals surface area contributed by atoms with Crippen molar-refractivity contribution in [1.82, 2.24) is 24.3 Å². The van der Waals surface area contributed by atoms with Crippen molar-refractivity contribution in [3.8, 4) is 11.5 Å². The Morgan fingerprint density at radius 2 is 1.65 bits per heavy atom. The number of rotatable bonds is 19. The molecule has 1 saturated heterocycles. The summed E-state index contributed by atoms with van der Waals surface area (Å²) >= 11 is 0. The van der Waals surface area contributed by atoms with E-state index in [0.717, 1.165) is 81.2 Å². The second-order valence-corrected chi connectivity index (χ2v) is 26.2. The third kappa shape index (κ3) is 13.0. The lowest BCUT2D eigenvalue weighted by Crippen LogP contribution is -2.52. The van der Waals surface area contributed by atoms with E-state index in [1.54, 1.807) is 11.9 Å². The lowest BCUT2D eigenvalue weighted by Gasteiger charge is -2.47. The lowest BCUT2D eigenvalue weighted by atomic mass is 9.77. The van der Waals surface area contributed by atoms with Gasteiger partial charge in [0.15, 0.2) is 5.54 Å². The summed E-state index contributed by atoms with van der Waals surface area (Å²) in [7, 11) is -15.2. The molecule has 7 atom stereocenters. The summed E-state index contributed by atoms with van der Waals surface area (Å²) in [5.74, 6) is 1.48. The molecule has 4 aromatic rings. The summed E-state index contributed by atoms with van der Waals surface area (Å²) in [5, 5.41) is 15.4. The van der Waals surface area contributed by atoms with Crippen molar-refractivity contribution in [3.05, 3.63) is 126 Å². The standard InChI is InChI=1S/C53H69N6O17P3/c1-10-58-40-24-43-38(22-36(40)31(3)27-52(58,5)6)48(39-23-37-32(4)28-53(7,8)59(11-2)41(37)25-44(39)73-43)34-17-12-13-18-35(34)50(63)56(9)21-15-19-46(61)54-20-14-16-33-29-57(51(64)55-49(33)62)47-26-42(60)45(74-47)30-72-78(68,69)76-79(70,71)75-77(65,66)67/h12-14,16-18,22-25,29,31-32,42,45,47,60H,10-11,15,19-21,26-28,30H2,1-9H3,(H5-,54,55,61,62,64,65,66,67,68,69,70,71)/p+1/b16-14+/t31?,32?,42-,45+,47+/m0/s1. The Labute approximate surface area is 456 Å². The summed E-state index contributed by atoms with van der Waals surface area (Å²) in [6.45, 7) is 19.0. The van der Waals surface area contributed by atoms with Crippen molar-refractivity contribution < 1.29 is 70.6 Å². The first kappa shape index (κ1) is 59.7. The van der Waals surface area contributed by atoms with E-state index in [1.807, 2.05) is 24.3 Å². The van der Waals surface area contributed by atoms with Crippen LogP contribution in [0.5, 0.6) is 11.5 Å². The highest BCUT2D eigenvalue weighted by Crippen LogP contribution is 2.66. The zero-order chi connectivity index (χ0) is 57.7. The molecule has 1 fully saturated rings. The van der Waals surface area contributed by atoms with Gasteiger partial charge in [0.2, 0.25) is 11.3 Å². The van der Waals surface area contributed by atoms with Crippen LogP contribution in [-0.2, 0) is 36.4 Å². The van der Waals surface area contributed by atoms with Gasteiger partial charge in [0.25, 0.3) is 11.5 Å². The summed E-state index contributed by atoms with van der Waals surface area (Å²) in [5.41, 5.74) is 4.88. The molecule has 8 rings (SSSR count). The molecule has 79 heavy (non-hydrogen) atoms. The molecular formula is C53H70N6O17P3+. The summed E-state index contributed by atoms with van der Waals surface area (Å²) in [6.07, 6.45) is 1.87. The second-order valence-electron chi connectivity index (χ2n) is 21.8. The quantitative estimate of drug-likeness (QED) is 0.0398. The van der Waals surface area contributed by atoms with Crippen LogP contribution in [-0.4, -0.2) is 114 Å². The third-order valence-corrected chi connectivity index (χ3v) is 18.9. The summed E-state index contributed by atoms with van der Waals surface area (Å²) < 4.78 is 62.6. The van der Waals surface area contributed by atoms with E-state index in [1.165, 1.54) is 23.3 Å². The number of amides is 2. The minimum atomic E-state index is -5.79. The highest BCUT2D eigenvalue weighted by Gasteiger charge is 2.44. The van der Waals surface area contributed by atoms with Crippen LogP contribution < -0.4 is 41.4 Å². The number of carbonyl (C=O) groups excluding carboxylic acids is 2. The van der Waals surface area contributed by atoms with E-state index in [2.05, 4.69) is 113 Å². The number of phosphoric acid groups is 3. The number of benzene rings is 3. The molecule has 2 amide bonds. The van der Waals surface area contributed by atoms with Crippen molar-refractivity contribution in [2.45, 2.75) is 129 Å². The lowest BCUT2D eigenvalue weighted by molar-refractivity contribution is -0.121. The number of aliphatic hydroxyl groups is 1. The van der Waals surface area contributed by atoms with Crippen LogP contribution in [0.3, 0.4) is 0 Å². The molecule has 4 aliphatic heterocycles. The van der Waals surface area contributed by atoms with Gasteiger partial charge in [0.1, 0.15) is 30.4 Å². The molecule has 0 saturated carbocycles. The number of aromatic amines is 1. The van der Waals surface area contributed by atoms with Crippen molar-refractivity contribution in [2.75, 3.05) is 44.7 Å². The fourth-order valence-electron chi connectivity index (χ4n) is 11.8. The first-order valence-electron chi connectivity index (χ1n) is 26.1. The molecule has 1 aromatic heterocycles. The molecule has 26 heteroatoms. The molecule has 4 unspecified atom stereocenters.